The van der Waals surface area contributed by atoms with E-state index in [0.717, 1.165) is 25.7 Å². The van der Waals surface area contributed by atoms with Gasteiger partial charge in [-0.2, -0.15) is 11.8 Å². The first-order chi connectivity index (χ1) is 9.42. The molecule has 5 nitrogen and oxygen atoms in total. The standard InChI is InChI=1S/C14H24N2O3S/c1-13(11(17)18)6-3-5-10(13)16-12(19)15-9-14(20-2)7-4-8-14/h10H,3-9H2,1-2H3,(H,17,18)(H2,15,16,19). The summed E-state index contributed by atoms with van der Waals surface area (Å²) >= 11 is 1.81. The van der Waals surface area contributed by atoms with E-state index < -0.39 is 11.4 Å². The minimum atomic E-state index is -0.828. The molecule has 2 saturated carbocycles. The van der Waals surface area contributed by atoms with Gasteiger partial charge in [0.05, 0.1) is 5.41 Å². The number of carboxylic acids is 1. The van der Waals surface area contributed by atoms with Gasteiger partial charge in [0.15, 0.2) is 0 Å². The highest BCUT2D eigenvalue weighted by atomic mass is 32.2. The van der Waals surface area contributed by atoms with Gasteiger partial charge in [-0.05, 0) is 38.9 Å². The van der Waals surface area contributed by atoms with Gasteiger partial charge in [-0.1, -0.05) is 12.8 Å². The number of hydrogen-bond donors (Lipinski definition) is 3. The monoisotopic (exact) mass is 300 g/mol. The Morgan fingerprint density at radius 2 is 2.00 bits per heavy atom. The lowest BCUT2D eigenvalue weighted by Gasteiger charge is -2.40. The molecule has 2 aliphatic carbocycles. The van der Waals surface area contributed by atoms with Crippen molar-refractivity contribution in [1.29, 1.82) is 0 Å². The van der Waals surface area contributed by atoms with E-state index in [1.165, 1.54) is 6.42 Å². The normalized spacial score (nSPS) is 31.4. The van der Waals surface area contributed by atoms with Crippen molar-refractivity contribution >= 4 is 23.8 Å². The van der Waals surface area contributed by atoms with Crippen LogP contribution in [0.1, 0.15) is 45.4 Å². The quantitative estimate of drug-likeness (QED) is 0.727. The number of urea groups is 1. The van der Waals surface area contributed by atoms with E-state index in [-0.39, 0.29) is 16.8 Å². The summed E-state index contributed by atoms with van der Waals surface area (Å²) in [5.74, 6) is -0.820. The second-order valence-electron chi connectivity index (χ2n) is 6.24. The van der Waals surface area contributed by atoms with Crippen LogP contribution in [-0.2, 0) is 4.79 Å². The van der Waals surface area contributed by atoms with Crippen molar-refractivity contribution < 1.29 is 14.7 Å². The zero-order valence-electron chi connectivity index (χ0n) is 12.2. The molecular weight excluding hydrogens is 276 g/mol. The van der Waals surface area contributed by atoms with Gasteiger partial charge in [0.1, 0.15) is 0 Å². The number of nitrogens with one attached hydrogen (secondary N) is 2. The van der Waals surface area contributed by atoms with Crippen LogP contribution in [0.15, 0.2) is 0 Å². The maximum atomic E-state index is 12.0. The Morgan fingerprint density at radius 3 is 2.50 bits per heavy atom. The molecule has 0 saturated heterocycles. The molecule has 114 valence electrons. The summed E-state index contributed by atoms with van der Waals surface area (Å²) in [5, 5.41) is 15.1. The number of aliphatic carboxylic acids is 1. The predicted octanol–water partition coefficient (Wildman–Crippen LogP) is 2.21. The third-order valence-electron chi connectivity index (χ3n) is 5.02. The minimum Gasteiger partial charge on any atom is -0.481 e. The summed E-state index contributed by atoms with van der Waals surface area (Å²) in [4.78, 5) is 23.3. The highest BCUT2D eigenvalue weighted by Gasteiger charge is 2.46. The number of carbonyl (C=O) groups is 2. The first kappa shape index (κ1) is 15.5. The SMILES string of the molecule is CSC1(CNC(=O)NC2CCCC2(C)C(=O)O)CCC1. The van der Waals surface area contributed by atoms with E-state index in [1.807, 2.05) is 11.8 Å². The van der Waals surface area contributed by atoms with Crippen molar-refractivity contribution in [2.45, 2.75) is 56.2 Å². The van der Waals surface area contributed by atoms with Gasteiger partial charge in [-0.15, -0.1) is 0 Å². The van der Waals surface area contributed by atoms with Gasteiger partial charge >= 0.3 is 12.0 Å². The second kappa shape index (κ2) is 5.84. The molecule has 2 aliphatic rings. The summed E-state index contributed by atoms with van der Waals surface area (Å²) in [6, 6.07) is -0.503. The van der Waals surface area contributed by atoms with E-state index in [9.17, 15) is 14.7 Å². The Bertz CT molecular complexity index is 392. The summed E-state index contributed by atoms with van der Waals surface area (Å²) < 4.78 is 0.198. The number of carbonyl (C=O) groups excluding carboxylic acids is 1. The zero-order valence-corrected chi connectivity index (χ0v) is 13.0. The second-order valence-corrected chi connectivity index (χ2v) is 7.51. The van der Waals surface area contributed by atoms with Crippen molar-refractivity contribution in [2.24, 2.45) is 5.41 Å². The van der Waals surface area contributed by atoms with Crippen LogP contribution in [0.5, 0.6) is 0 Å². The molecule has 2 fully saturated rings. The molecule has 0 aromatic carbocycles. The Morgan fingerprint density at radius 1 is 1.30 bits per heavy atom. The smallest absolute Gasteiger partial charge is 0.315 e. The van der Waals surface area contributed by atoms with Crippen molar-refractivity contribution in [2.75, 3.05) is 12.8 Å². The predicted molar refractivity (Wildman–Crippen MR) is 80.0 cm³/mol. The van der Waals surface area contributed by atoms with Crippen molar-refractivity contribution in [3.05, 3.63) is 0 Å². The molecule has 2 unspecified atom stereocenters. The number of amides is 2. The Balaban J connectivity index is 1.84. The van der Waals surface area contributed by atoms with Crippen LogP contribution in [0.4, 0.5) is 4.79 Å². The molecule has 0 aliphatic heterocycles. The summed E-state index contributed by atoms with van der Waals surface area (Å²) in [7, 11) is 0. The van der Waals surface area contributed by atoms with Gasteiger partial charge in [-0.3, -0.25) is 4.79 Å². The van der Waals surface area contributed by atoms with Crippen molar-refractivity contribution in [3.8, 4) is 0 Å². The first-order valence-electron chi connectivity index (χ1n) is 7.25. The molecule has 2 rings (SSSR count). The van der Waals surface area contributed by atoms with Crippen LogP contribution in [0.2, 0.25) is 0 Å². The third-order valence-corrected chi connectivity index (χ3v) is 6.44. The van der Waals surface area contributed by atoms with Gasteiger partial charge in [0.25, 0.3) is 0 Å². The Kier molecular flexibility index (Phi) is 4.52. The number of rotatable bonds is 5. The van der Waals surface area contributed by atoms with Crippen LogP contribution in [-0.4, -0.2) is 40.7 Å². The Hall–Kier alpha value is -0.910. The van der Waals surface area contributed by atoms with E-state index >= 15 is 0 Å². The average molecular weight is 300 g/mol. The molecule has 0 bridgehead atoms. The van der Waals surface area contributed by atoms with Gasteiger partial charge in [0.2, 0.25) is 0 Å². The van der Waals surface area contributed by atoms with E-state index in [4.69, 9.17) is 0 Å². The molecule has 2 atom stereocenters. The molecule has 0 spiro atoms. The molecule has 0 radical (unpaired) electrons. The topological polar surface area (TPSA) is 78.4 Å². The molecule has 20 heavy (non-hydrogen) atoms. The lowest BCUT2D eigenvalue weighted by molar-refractivity contribution is -0.148. The number of thioether (sulfide) groups is 1. The highest BCUT2D eigenvalue weighted by Crippen LogP contribution is 2.42. The van der Waals surface area contributed by atoms with Gasteiger partial charge in [-0.25, -0.2) is 4.79 Å². The van der Waals surface area contributed by atoms with E-state index in [2.05, 4.69) is 16.9 Å². The largest absolute Gasteiger partial charge is 0.481 e. The molecule has 0 aromatic heterocycles. The fourth-order valence-electron chi connectivity index (χ4n) is 3.13. The minimum absolute atomic E-state index is 0.198. The maximum absolute atomic E-state index is 12.0. The van der Waals surface area contributed by atoms with Crippen LogP contribution < -0.4 is 10.6 Å². The lowest BCUT2D eigenvalue weighted by Crippen LogP contribution is -2.53. The summed E-state index contributed by atoms with van der Waals surface area (Å²) in [5.41, 5.74) is -0.828. The highest BCUT2D eigenvalue weighted by molar-refractivity contribution is 8.00. The Labute approximate surface area is 124 Å². The fourth-order valence-corrected chi connectivity index (χ4v) is 4.04. The van der Waals surface area contributed by atoms with Gasteiger partial charge < -0.3 is 15.7 Å². The fraction of sp³-hybridized carbons (Fsp3) is 0.857. The van der Waals surface area contributed by atoms with Crippen LogP contribution in [0, 0.1) is 5.41 Å². The number of hydrogen-bond acceptors (Lipinski definition) is 3. The molecule has 6 heteroatoms. The molecular formula is C14H24N2O3S. The van der Waals surface area contributed by atoms with Crippen LogP contribution in [0.3, 0.4) is 0 Å². The van der Waals surface area contributed by atoms with E-state index in [0.29, 0.717) is 13.0 Å². The first-order valence-corrected chi connectivity index (χ1v) is 8.47. The average Bonchev–Trinajstić information content (AvgIpc) is 2.71. The lowest BCUT2D eigenvalue weighted by atomic mass is 9.84. The molecule has 0 heterocycles. The molecule has 2 amide bonds. The van der Waals surface area contributed by atoms with Crippen molar-refractivity contribution in [1.82, 2.24) is 10.6 Å². The summed E-state index contributed by atoms with van der Waals surface area (Å²) in [6.45, 7) is 2.39. The van der Waals surface area contributed by atoms with Crippen LogP contribution >= 0.6 is 11.8 Å². The van der Waals surface area contributed by atoms with E-state index in [1.54, 1.807) is 6.92 Å². The maximum Gasteiger partial charge on any atom is 0.315 e. The molecule has 3 N–H and O–H groups in total. The third kappa shape index (κ3) is 2.90. The molecule has 0 aromatic rings. The summed E-state index contributed by atoms with van der Waals surface area (Å²) in [6.07, 6.45) is 7.81. The van der Waals surface area contributed by atoms with Crippen molar-refractivity contribution in [3.63, 3.8) is 0 Å². The van der Waals surface area contributed by atoms with Crippen LogP contribution in [0.25, 0.3) is 0 Å². The number of carboxylic acid groups (broad SMARTS) is 1. The zero-order chi connectivity index (χ0) is 14.8. The van der Waals surface area contributed by atoms with Gasteiger partial charge in [0, 0.05) is 17.3 Å².